The summed E-state index contributed by atoms with van der Waals surface area (Å²) in [5.41, 5.74) is 0. The number of piperidine rings is 1. The number of aliphatic imine (C=N–C) groups is 1. The first-order valence-electron chi connectivity index (χ1n) is 11.0. The van der Waals surface area contributed by atoms with E-state index in [4.69, 9.17) is 9.73 Å². The van der Waals surface area contributed by atoms with Crippen LogP contribution < -0.4 is 10.6 Å². The Hall–Kier alpha value is -0.810. The van der Waals surface area contributed by atoms with E-state index in [9.17, 15) is 0 Å². The van der Waals surface area contributed by atoms with Crippen molar-refractivity contribution in [1.82, 2.24) is 15.5 Å². The Morgan fingerprint density at radius 2 is 1.81 bits per heavy atom. The molecule has 1 heterocycles. The first-order chi connectivity index (χ1) is 12.6. The van der Waals surface area contributed by atoms with Crippen molar-refractivity contribution in [2.75, 3.05) is 32.8 Å². The zero-order valence-electron chi connectivity index (χ0n) is 17.6. The molecule has 0 aromatic heterocycles. The van der Waals surface area contributed by atoms with Gasteiger partial charge in [-0.15, -0.1) is 0 Å². The van der Waals surface area contributed by atoms with E-state index in [2.05, 4.69) is 43.2 Å². The summed E-state index contributed by atoms with van der Waals surface area (Å²) in [5, 5.41) is 7.09. The van der Waals surface area contributed by atoms with Crippen LogP contribution in [0.4, 0.5) is 0 Å². The van der Waals surface area contributed by atoms with E-state index < -0.39 is 0 Å². The Morgan fingerprint density at radius 1 is 1.12 bits per heavy atom. The van der Waals surface area contributed by atoms with Crippen LogP contribution in [0.5, 0.6) is 0 Å². The maximum atomic E-state index is 6.04. The number of rotatable bonds is 9. The molecule has 26 heavy (non-hydrogen) atoms. The molecule has 2 rings (SSSR count). The molecule has 1 aliphatic carbocycles. The molecule has 0 radical (unpaired) electrons. The maximum absolute atomic E-state index is 6.04. The number of ether oxygens (including phenoxy) is 1. The Kier molecular flexibility index (Phi) is 9.76. The molecular weight excluding hydrogens is 324 g/mol. The largest absolute Gasteiger partial charge is 0.378 e. The van der Waals surface area contributed by atoms with Gasteiger partial charge >= 0.3 is 0 Å². The van der Waals surface area contributed by atoms with E-state index in [1.165, 1.54) is 51.6 Å². The van der Waals surface area contributed by atoms with Gasteiger partial charge in [-0.05, 0) is 65.7 Å². The average molecular weight is 367 g/mol. The standard InChI is InChI=1S/C21H42N4O/c1-5-22-21(24-19-12-15-25(16-13-19)17(3)4)23-14-11-20(26-6-2)18-9-7-8-10-18/h17-20H,5-16H2,1-4H3,(H2,22,23,24). The lowest BCUT2D eigenvalue weighted by Crippen LogP contribution is -2.49. The number of hydrogen-bond acceptors (Lipinski definition) is 3. The second kappa shape index (κ2) is 11.8. The van der Waals surface area contributed by atoms with Crippen molar-refractivity contribution in [2.45, 2.75) is 90.8 Å². The van der Waals surface area contributed by atoms with Gasteiger partial charge < -0.3 is 20.3 Å². The lowest BCUT2D eigenvalue weighted by atomic mass is 9.98. The molecule has 0 spiro atoms. The second-order valence-electron chi connectivity index (χ2n) is 8.14. The van der Waals surface area contributed by atoms with E-state index in [-0.39, 0.29) is 0 Å². The monoisotopic (exact) mass is 366 g/mol. The van der Waals surface area contributed by atoms with Crippen molar-refractivity contribution >= 4 is 5.96 Å². The zero-order chi connectivity index (χ0) is 18.8. The molecule has 1 unspecified atom stereocenters. The van der Waals surface area contributed by atoms with E-state index >= 15 is 0 Å². The van der Waals surface area contributed by atoms with Crippen LogP contribution in [0, 0.1) is 5.92 Å². The number of hydrogen-bond donors (Lipinski definition) is 2. The van der Waals surface area contributed by atoms with Crippen LogP contribution in [0.15, 0.2) is 4.99 Å². The molecule has 1 saturated carbocycles. The van der Waals surface area contributed by atoms with Gasteiger partial charge in [0.2, 0.25) is 0 Å². The highest BCUT2D eigenvalue weighted by molar-refractivity contribution is 5.80. The zero-order valence-corrected chi connectivity index (χ0v) is 17.6. The number of nitrogens with zero attached hydrogens (tertiary/aromatic N) is 2. The Morgan fingerprint density at radius 3 is 2.38 bits per heavy atom. The lowest BCUT2D eigenvalue weighted by molar-refractivity contribution is 0.0177. The average Bonchev–Trinajstić information content (AvgIpc) is 3.16. The van der Waals surface area contributed by atoms with Crippen molar-refractivity contribution in [3.8, 4) is 0 Å². The van der Waals surface area contributed by atoms with E-state index in [1.54, 1.807) is 0 Å². The summed E-state index contributed by atoms with van der Waals surface area (Å²) in [6.45, 7) is 13.8. The molecule has 0 aromatic rings. The van der Waals surface area contributed by atoms with Gasteiger partial charge in [-0.1, -0.05) is 12.8 Å². The summed E-state index contributed by atoms with van der Waals surface area (Å²) >= 11 is 0. The first kappa shape index (κ1) is 21.5. The minimum absolute atomic E-state index is 0.392. The van der Waals surface area contributed by atoms with Crippen molar-refractivity contribution in [2.24, 2.45) is 10.9 Å². The van der Waals surface area contributed by atoms with Crippen molar-refractivity contribution < 1.29 is 4.74 Å². The molecule has 0 aromatic carbocycles. The Labute approximate surface area is 161 Å². The highest BCUT2D eigenvalue weighted by Crippen LogP contribution is 2.30. The van der Waals surface area contributed by atoms with Gasteiger partial charge in [0.25, 0.3) is 0 Å². The van der Waals surface area contributed by atoms with Gasteiger partial charge in [-0.2, -0.15) is 0 Å². The van der Waals surface area contributed by atoms with E-state index in [0.717, 1.165) is 38.0 Å². The minimum atomic E-state index is 0.392. The fraction of sp³-hybridized carbons (Fsp3) is 0.952. The van der Waals surface area contributed by atoms with E-state index in [0.29, 0.717) is 18.2 Å². The number of guanidine groups is 1. The molecule has 152 valence electrons. The molecule has 1 saturated heterocycles. The normalized spacial score (nSPS) is 22.1. The van der Waals surface area contributed by atoms with Crippen LogP contribution in [-0.4, -0.2) is 61.8 Å². The van der Waals surface area contributed by atoms with Gasteiger partial charge in [0.1, 0.15) is 0 Å². The fourth-order valence-corrected chi connectivity index (χ4v) is 4.38. The summed E-state index contributed by atoms with van der Waals surface area (Å²) in [7, 11) is 0. The molecule has 5 heteroatoms. The predicted octanol–water partition coefficient (Wildman–Crippen LogP) is 3.40. The quantitative estimate of drug-likeness (QED) is 0.485. The van der Waals surface area contributed by atoms with E-state index in [1.807, 2.05) is 0 Å². The lowest BCUT2D eigenvalue weighted by Gasteiger charge is -2.35. The van der Waals surface area contributed by atoms with Crippen LogP contribution in [0.2, 0.25) is 0 Å². The smallest absolute Gasteiger partial charge is 0.191 e. The van der Waals surface area contributed by atoms with Crippen LogP contribution in [0.1, 0.15) is 72.6 Å². The topological polar surface area (TPSA) is 48.9 Å². The summed E-state index contributed by atoms with van der Waals surface area (Å²) in [6.07, 6.45) is 9.25. The summed E-state index contributed by atoms with van der Waals surface area (Å²) in [6, 6.07) is 1.20. The summed E-state index contributed by atoms with van der Waals surface area (Å²) in [4.78, 5) is 7.42. The molecular formula is C21H42N4O. The van der Waals surface area contributed by atoms with Crippen molar-refractivity contribution in [1.29, 1.82) is 0 Å². The molecule has 0 bridgehead atoms. The molecule has 0 amide bonds. The van der Waals surface area contributed by atoms with Gasteiger partial charge in [-0.3, -0.25) is 4.99 Å². The summed E-state index contributed by atoms with van der Waals surface area (Å²) in [5.74, 6) is 1.73. The maximum Gasteiger partial charge on any atom is 0.191 e. The number of likely N-dealkylation sites (tertiary alicyclic amines) is 1. The third-order valence-electron chi connectivity index (χ3n) is 5.93. The van der Waals surface area contributed by atoms with Gasteiger partial charge in [-0.25, -0.2) is 0 Å². The molecule has 1 aliphatic heterocycles. The van der Waals surface area contributed by atoms with Crippen molar-refractivity contribution in [3.05, 3.63) is 0 Å². The predicted molar refractivity (Wildman–Crippen MR) is 111 cm³/mol. The fourth-order valence-electron chi connectivity index (χ4n) is 4.38. The van der Waals surface area contributed by atoms with Crippen LogP contribution in [0.25, 0.3) is 0 Å². The summed E-state index contributed by atoms with van der Waals surface area (Å²) < 4.78 is 6.04. The highest BCUT2D eigenvalue weighted by Gasteiger charge is 2.25. The van der Waals surface area contributed by atoms with Crippen LogP contribution in [0.3, 0.4) is 0 Å². The first-order valence-corrected chi connectivity index (χ1v) is 11.0. The molecule has 2 N–H and O–H groups in total. The van der Waals surface area contributed by atoms with Gasteiger partial charge in [0.05, 0.1) is 6.10 Å². The third kappa shape index (κ3) is 7.07. The minimum Gasteiger partial charge on any atom is -0.378 e. The highest BCUT2D eigenvalue weighted by atomic mass is 16.5. The molecule has 2 aliphatic rings. The van der Waals surface area contributed by atoms with Gasteiger partial charge in [0, 0.05) is 44.9 Å². The van der Waals surface area contributed by atoms with Crippen molar-refractivity contribution in [3.63, 3.8) is 0 Å². The van der Waals surface area contributed by atoms with Crippen LogP contribution >= 0.6 is 0 Å². The van der Waals surface area contributed by atoms with Gasteiger partial charge in [0.15, 0.2) is 5.96 Å². The Balaban J connectivity index is 1.79. The molecule has 2 fully saturated rings. The second-order valence-corrected chi connectivity index (χ2v) is 8.14. The third-order valence-corrected chi connectivity index (χ3v) is 5.93. The molecule has 5 nitrogen and oxygen atoms in total. The van der Waals surface area contributed by atoms with Crippen LogP contribution in [-0.2, 0) is 4.74 Å². The Bertz CT molecular complexity index is 399. The SMILES string of the molecule is CCNC(=NCCC(OCC)C1CCCC1)NC1CCN(C(C)C)CC1. The number of nitrogens with one attached hydrogen (secondary N) is 2. The molecule has 1 atom stereocenters.